The molecule has 0 spiro atoms. The Balaban J connectivity index is 1.55. The van der Waals surface area contributed by atoms with Gasteiger partial charge in [-0.05, 0) is 44.9 Å². The molecule has 0 N–H and O–H groups in total. The van der Waals surface area contributed by atoms with Crippen LogP contribution in [0.25, 0.3) is 0 Å². The molecule has 0 atom stereocenters. The number of nitrogens with zero attached hydrogens (tertiary/aromatic N) is 4. The molecule has 1 aliphatic rings. The lowest BCUT2D eigenvalue weighted by atomic mass is 10.0. The van der Waals surface area contributed by atoms with Crippen molar-refractivity contribution in [3.05, 3.63) is 76.2 Å². The van der Waals surface area contributed by atoms with Crippen molar-refractivity contribution in [2.24, 2.45) is 0 Å². The van der Waals surface area contributed by atoms with Crippen molar-refractivity contribution in [3.63, 3.8) is 0 Å². The minimum absolute atomic E-state index is 0.0148. The summed E-state index contributed by atoms with van der Waals surface area (Å²) in [6, 6.07) is 13.9. The van der Waals surface area contributed by atoms with E-state index in [1.54, 1.807) is 32.4 Å². The summed E-state index contributed by atoms with van der Waals surface area (Å²) in [6.45, 7) is 8.95. The first-order valence-corrected chi connectivity index (χ1v) is 12.0. The molecule has 1 amide bonds. The first-order valence-electron chi connectivity index (χ1n) is 12.0. The summed E-state index contributed by atoms with van der Waals surface area (Å²) in [7, 11) is 3.18. The van der Waals surface area contributed by atoms with E-state index in [4.69, 9.17) is 14.5 Å². The molecule has 0 saturated carbocycles. The summed E-state index contributed by atoms with van der Waals surface area (Å²) in [5.74, 6) is 2.95. The molecule has 0 unspecified atom stereocenters. The van der Waals surface area contributed by atoms with Crippen LogP contribution in [0.2, 0.25) is 0 Å². The van der Waals surface area contributed by atoms with Crippen molar-refractivity contribution in [3.8, 4) is 11.5 Å². The summed E-state index contributed by atoms with van der Waals surface area (Å²) in [6.07, 6.45) is 1.64. The number of amides is 1. The Kier molecular flexibility index (Phi) is 7.54. The topological polar surface area (TPSA) is 67.8 Å². The molecule has 3 aromatic rings. The largest absolute Gasteiger partial charge is 0.497 e. The highest BCUT2D eigenvalue weighted by atomic mass is 16.5. The van der Waals surface area contributed by atoms with Crippen LogP contribution in [0, 0.1) is 20.8 Å². The van der Waals surface area contributed by atoms with Crippen LogP contribution in [0.15, 0.2) is 42.5 Å². The van der Waals surface area contributed by atoms with Gasteiger partial charge >= 0.3 is 0 Å². The number of anilines is 1. The predicted octanol–water partition coefficient (Wildman–Crippen LogP) is 4.36. The zero-order chi connectivity index (χ0) is 24.9. The van der Waals surface area contributed by atoms with Gasteiger partial charge in [-0.25, -0.2) is 9.97 Å². The summed E-state index contributed by atoms with van der Waals surface area (Å²) in [5, 5.41) is 0. The minimum Gasteiger partial charge on any atom is -0.497 e. The lowest BCUT2D eigenvalue weighted by Crippen LogP contribution is -2.35. The molecule has 1 saturated heterocycles. The average Bonchev–Trinajstić information content (AvgIpc) is 3.12. The van der Waals surface area contributed by atoms with Gasteiger partial charge in [-0.2, -0.15) is 0 Å². The quantitative estimate of drug-likeness (QED) is 0.529. The van der Waals surface area contributed by atoms with Crippen molar-refractivity contribution in [1.29, 1.82) is 0 Å². The Morgan fingerprint density at radius 3 is 2.23 bits per heavy atom. The number of hydrogen-bond acceptors (Lipinski definition) is 6. The molecule has 4 rings (SSSR count). The van der Waals surface area contributed by atoms with Crippen molar-refractivity contribution >= 4 is 11.7 Å². The molecule has 2 heterocycles. The fourth-order valence-electron chi connectivity index (χ4n) is 4.54. The van der Waals surface area contributed by atoms with Gasteiger partial charge in [0.15, 0.2) is 0 Å². The number of hydrogen-bond donors (Lipinski definition) is 0. The maximum Gasteiger partial charge on any atom is 0.254 e. The number of carbonyl (C=O) groups is 1. The summed E-state index contributed by atoms with van der Waals surface area (Å²) < 4.78 is 10.7. The maximum absolute atomic E-state index is 13.3. The van der Waals surface area contributed by atoms with Crippen LogP contribution in [0.4, 0.5) is 5.82 Å². The second-order valence-corrected chi connectivity index (χ2v) is 9.05. The average molecular weight is 475 g/mol. The van der Waals surface area contributed by atoms with Crippen LogP contribution < -0.4 is 14.4 Å². The minimum atomic E-state index is -0.0148. The van der Waals surface area contributed by atoms with Gasteiger partial charge in [-0.3, -0.25) is 4.79 Å². The van der Waals surface area contributed by atoms with Crippen LogP contribution in [-0.4, -0.2) is 61.2 Å². The summed E-state index contributed by atoms with van der Waals surface area (Å²) in [4.78, 5) is 27.1. The molecule has 7 heteroatoms. The van der Waals surface area contributed by atoms with Crippen molar-refractivity contribution in [2.75, 3.05) is 45.3 Å². The molecule has 0 bridgehead atoms. The third-order valence-electron chi connectivity index (χ3n) is 6.49. The predicted molar refractivity (Wildman–Crippen MR) is 138 cm³/mol. The van der Waals surface area contributed by atoms with Crippen LogP contribution in [-0.2, 0) is 6.42 Å². The van der Waals surface area contributed by atoms with Gasteiger partial charge in [0.1, 0.15) is 23.1 Å². The molecule has 1 aliphatic heterocycles. The van der Waals surface area contributed by atoms with E-state index in [2.05, 4.69) is 48.0 Å². The zero-order valence-corrected chi connectivity index (χ0v) is 21.3. The Morgan fingerprint density at radius 2 is 1.57 bits per heavy atom. The van der Waals surface area contributed by atoms with E-state index in [1.807, 2.05) is 11.8 Å². The normalized spacial score (nSPS) is 14.0. The van der Waals surface area contributed by atoms with Crippen molar-refractivity contribution in [1.82, 2.24) is 14.9 Å². The number of benzene rings is 2. The molecule has 7 nitrogen and oxygen atoms in total. The Hall–Kier alpha value is -3.61. The second-order valence-electron chi connectivity index (χ2n) is 9.05. The van der Waals surface area contributed by atoms with E-state index in [9.17, 15) is 4.79 Å². The molecular formula is C28H34N4O3. The Labute approximate surface area is 207 Å². The fourth-order valence-corrected chi connectivity index (χ4v) is 4.54. The van der Waals surface area contributed by atoms with Crippen LogP contribution in [0.5, 0.6) is 11.5 Å². The highest BCUT2D eigenvalue weighted by molar-refractivity contribution is 5.95. The highest BCUT2D eigenvalue weighted by Gasteiger charge is 2.24. The third kappa shape index (κ3) is 5.73. The molecule has 184 valence electrons. The molecule has 0 aliphatic carbocycles. The zero-order valence-electron chi connectivity index (χ0n) is 21.3. The molecule has 2 aromatic carbocycles. The van der Waals surface area contributed by atoms with E-state index in [-0.39, 0.29) is 5.91 Å². The highest BCUT2D eigenvalue weighted by Crippen LogP contribution is 2.27. The maximum atomic E-state index is 13.3. The van der Waals surface area contributed by atoms with E-state index < -0.39 is 0 Å². The Morgan fingerprint density at radius 1 is 0.886 bits per heavy atom. The first-order chi connectivity index (χ1) is 16.9. The second kappa shape index (κ2) is 10.8. The van der Waals surface area contributed by atoms with Gasteiger partial charge in [-0.15, -0.1) is 0 Å². The van der Waals surface area contributed by atoms with Crippen molar-refractivity contribution in [2.45, 2.75) is 33.6 Å². The number of ether oxygens (including phenoxy) is 2. The van der Waals surface area contributed by atoms with Gasteiger partial charge in [0.25, 0.3) is 5.91 Å². The number of carbonyl (C=O) groups excluding carboxylic acids is 1. The van der Waals surface area contributed by atoms with Gasteiger partial charge in [-0.1, -0.05) is 29.8 Å². The standard InChI is InChI=1S/C28H34N4O3/c1-19-7-9-22(10-8-19)15-26-20(2)29-21(3)30-27(26)31-11-6-12-32(14-13-31)28(33)23-16-24(34-4)18-25(17-23)35-5/h7-10,16-18H,6,11-15H2,1-5H3. The van der Waals surface area contributed by atoms with E-state index in [0.717, 1.165) is 42.3 Å². The van der Waals surface area contributed by atoms with Gasteiger partial charge in [0.05, 0.1) is 14.2 Å². The Bertz CT molecular complexity index is 1170. The summed E-state index contributed by atoms with van der Waals surface area (Å²) >= 11 is 0. The fraction of sp³-hybridized carbons (Fsp3) is 0.393. The molecular weight excluding hydrogens is 440 g/mol. The lowest BCUT2D eigenvalue weighted by Gasteiger charge is -2.26. The SMILES string of the molecule is COc1cc(OC)cc(C(=O)N2CCCN(c3nc(C)nc(C)c3Cc3ccc(C)cc3)CC2)c1. The van der Waals surface area contributed by atoms with E-state index in [1.165, 1.54) is 11.1 Å². The third-order valence-corrected chi connectivity index (χ3v) is 6.49. The van der Waals surface area contributed by atoms with E-state index >= 15 is 0 Å². The molecule has 1 aromatic heterocycles. The van der Waals surface area contributed by atoms with Crippen molar-refractivity contribution < 1.29 is 14.3 Å². The van der Waals surface area contributed by atoms with Gasteiger partial charge in [0.2, 0.25) is 0 Å². The lowest BCUT2D eigenvalue weighted by molar-refractivity contribution is 0.0766. The monoisotopic (exact) mass is 474 g/mol. The number of aromatic nitrogens is 2. The molecule has 1 fully saturated rings. The number of aryl methyl sites for hydroxylation is 3. The molecule has 35 heavy (non-hydrogen) atoms. The van der Waals surface area contributed by atoms with E-state index in [0.29, 0.717) is 36.7 Å². The molecule has 0 radical (unpaired) electrons. The van der Waals surface area contributed by atoms with Crippen LogP contribution in [0.3, 0.4) is 0 Å². The summed E-state index contributed by atoms with van der Waals surface area (Å²) in [5.41, 5.74) is 5.22. The number of methoxy groups -OCH3 is 2. The van der Waals surface area contributed by atoms with Gasteiger partial charge < -0.3 is 19.3 Å². The smallest absolute Gasteiger partial charge is 0.254 e. The first kappa shape index (κ1) is 24.5. The van der Waals surface area contributed by atoms with Crippen LogP contribution in [0.1, 0.15) is 45.0 Å². The van der Waals surface area contributed by atoms with Crippen LogP contribution >= 0.6 is 0 Å². The van der Waals surface area contributed by atoms with Gasteiger partial charge in [0, 0.05) is 55.5 Å². The number of rotatable bonds is 6.